The molecule has 1 aromatic rings. The van der Waals surface area contributed by atoms with Gasteiger partial charge in [-0.25, -0.2) is 9.18 Å². The second-order valence-corrected chi connectivity index (χ2v) is 5.70. The van der Waals surface area contributed by atoms with Crippen molar-refractivity contribution < 1.29 is 28.2 Å². The molecule has 1 aliphatic carbocycles. The first-order valence-corrected chi connectivity index (χ1v) is 7.31. The van der Waals surface area contributed by atoms with E-state index in [2.05, 4.69) is 0 Å². The molecule has 2 heterocycles. The largest absolute Gasteiger partial charge is 0.455 e. The molecule has 0 aromatic heterocycles. The number of hydrogen-bond acceptors (Lipinski definition) is 5. The smallest absolute Gasteiger partial charge is 0.338 e. The van der Waals surface area contributed by atoms with Gasteiger partial charge in [0.05, 0.1) is 17.4 Å². The van der Waals surface area contributed by atoms with Crippen molar-refractivity contribution in [2.24, 2.45) is 17.8 Å². The Morgan fingerprint density at radius 2 is 1.91 bits per heavy atom. The Bertz CT molecular complexity index is 721. The Hall–Kier alpha value is -2.63. The molecule has 1 saturated heterocycles. The number of benzene rings is 1. The molecule has 3 aliphatic rings. The second kappa shape index (κ2) is 5.22. The fourth-order valence-corrected chi connectivity index (χ4v) is 3.13. The summed E-state index contributed by atoms with van der Waals surface area (Å²) in [6, 6.07) is 5.10. The van der Waals surface area contributed by atoms with Gasteiger partial charge in [0.1, 0.15) is 18.2 Å². The van der Waals surface area contributed by atoms with Gasteiger partial charge in [0, 0.05) is 5.92 Å². The van der Waals surface area contributed by atoms with Crippen molar-refractivity contribution in [2.45, 2.75) is 6.29 Å². The minimum Gasteiger partial charge on any atom is -0.455 e. The third kappa shape index (κ3) is 2.40. The third-order valence-corrected chi connectivity index (χ3v) is 4.29. The van der Waals surface area contributed by atoms with E-state index < -0.39 is 18.1 Å². The van der Waals surface area contributed by atoms with E-state index in [0.29, 0.717) is 5.76 Å². The molecule has 0 unspecified atom stereocenters. The standard InChI is InChI=1S/C17H13FO5/c18-10-3-1-9(2-4-10)15(19)21-8-11-7-14-12-5-6-13(14)17(22-11)23-16(12)20/h1-7,12-14,17H,8H2/t12-,13+,14-,17+/m1/s1. The van der Waals surface area contributed by atoms with Crippen LogP contribution in [0.25, 0.3) is 0 Å². The Balaban J connectivity index is 1.43. The van der Waals surface area contributed by atoms with Gasteiger partial charge in [-0.15, -0.1) is 0 Å². The average Bonchev–Trinajstić information content (AvgIpc) is 2.89. The summed E-state index contributed by atoms with van der Waals surface area (Å²) in [4.78, 5) is 23.7. The molecule has 0 saturated carbocycles. The summed E-state index contributed by atoms with van der Waals surface area (Å²) in [7, 11) is 0. The van der Waals surface area contributed by atoms with Gasteiger partial charge in [0.25, 0.3) is 6.29 Å². The van der Waals surface area contributed by atoms with Crippen molar-refractivity contribution >= 4 is 11.9 Å². The normalized spacial score (nSPS) is 30.3. The van der Waals surface area contributed by atoms with Crippen LogP contribution >= 0.6 is 0 Å². The molecule has 0 amide bonds. The first-order chi connectivity index (χ1) is 11.1. The molecule has 4 rings (SSSR count). The van der Waals surface area contributed by atoms with Crippen molar-refractivity contribution in [3.05, 3.63) is 59.6 Å². The summed E-state index contributed by atoms with van der Waals surface area (Å²) in [5.41, 5.74) is 0.260. The highest BCUT2D eigenvalue weighted by Gasteiger charge is 2.50. The first kappa shape index (κ1) is 14.0. The zero-order valence-corrected chi connectivity index (χ0v) is 12.0. The fourth-order valence-electron chi connectivity index (χ4n) is 3.13. The lowest BCUT2D eigenvalue weighted by Gasteiger charge is -2.38. The number of carbonyl (C=O) groups excluding carboxylic acids is 2. The topological polar surface area (TPSA) is 61.8 Å². The summed E-state index contributed by atoms with van der Waals surface area (Å²) in [6.07, 6.45) is 4.93. The number of ether oxygens (including phenoxy) is 3. The molecular weight excluding hydrogens is 303 g/mol. The first-order valence-electron chi connectivity index (χ1n) is 7.31. The third-order valence-electron chi connectivity index (χ3n) is 4.29. The Morgan fingerprint density at radius 1 is 1.13 bits per heavy atom. The van der Waals surface area contributed by atoms with Crippen LogP contribution in [0.15, 0.2) is 48.3 Å². The highest BCUT2D eigenvalue weighted by molar-refractivity contribution is 5.89. The van der Waals surface area contributed by atoms with E-state index >= 15 is 0 Å². The van der Waals surface area contributed by atoms with Crippen LogP contribution < -0.4 is 0 Å². The maximum atomic E-state index is 12.8. The molecular formula is C17H13FO5. The summed E-state index contributed by atoms with van der Waals surface area (Å²) in [6.45, 7) is -0.0554. The number of rotatable bonds is 3. The van der Waals surface area contributed by atoms with Gasteiger partial charge in [-0.2, -0.15) is 0 Å². The molecule has 23 heavy (non-hydrogen) atoms. The van der Waals surface area contributed by atoms with E-state index in [1.807, 2.05) is 18.2 Å². The maximum Gasteiger partial charge on any atom is 0.338 e. The van der Waals surface area contributed by atoms with Crippen LogP contribution in [0.3, 0.4) is 0 Å². The van der Waals surface area contributed by atoms with Gasteiger partial charge < -0.3 is 14.2 Å². The lowest BCUT2D eigenvalue weighted by atomic mass is 9.83. The number of halogens is 1. The second-order valence-electron chi connectivity index (χ2n) is 5.70. The van der Waals surface area contributed by atoms with Crippen molar-refractivity contribution in [1.82, 2.24) is 0 Å². The van der Waals surface area contributed by atoms with Crippen LogP contribution in [0.4, 0.5) is 4.39 Å². The zero-order chi connectivity index (χ0) is 16.0. The number of hydrogen-bond donors (Lipinski definition) is 0. The van der Waals surface area contributed by atoms with Gasteiger partial charge in [-0.05, 0) is 30.3 Å². The summed E-state index contributed by atoms with van der Waals surface area (Å²) in [5.74, 6) is -1.08. The molecule has 0 radical (unpaired) electrons. The fraction of sp³-hybridized carbons (Fsp3) is 0.294. The van der Waals surface area contributed by atoms with Gasteiger partial charge in [0.15, 0.2) is 0 Å². The quantitative estimate of drug-likeness (QED) is 0.632. The van der Waals surface area contributed by atoms with E-state index in [9.17, 15) is 14.0 Å². The number of allylic oxidation sites excluding steroid dienone is 1. The van der Waals surface area contributed by atoms with E-state index in [0.717, 1.165) is 0 Å². The van der Waals surface area contributed by atoms with E-state index in [4.69, 9.17) is 14.2 Å². The van der Waals surface area contributed by atoms with Crippen LogP contribution in [0, 0.1) is 23.6 Å². The molecule has 118 valence electrons. The lowest BCUT2D eigenvalue weighted by Crippen LogP contribution is -2.44. The Kier molecular flexibility index (Phi) is 3.18. The van der Waals surface area contributed by atoms with Crippen LogP contribution in [0.1, 0.15) is 10.4 Å². The van der Waals surface area contributed by atoms with Crippen LogP contribution in [-0.2, 0) is 19.0 Å². The van der Waals surface area contributed by atoms with Crippen LogP contribution in [-0.4, -0.2) is 24.8 Å². The van der Waals surface area contributed by atoms with Crippen molar-refractivity contribution in [1.29, 1.82) is 0 Å². The predicted molar refractivity (Wildman–Crippen MR) is 75.3 cm³/mol. The lowest BCUT2D eigenvalue weighted by molar-refractivity contribution is -0.204. The van der Waals surface area contributed by atoms with E-state index in [-0.39, 0.29) is 35.9 Å². The number of carbonyl (C=O) groups is 2. The van der Waals surface area contributed by atoms with Gasteiger partial charge in [-0.3, -0.25) is 4.79 Å². The minimum atomic E-state index is -0.660. The van der Waals surface area contributed by atoms with E-state index in [1.54, 1.807) is 0 Å². The molecule has 6 heteroatoms. The molecule has 1 aromatic carbocycles. The molecule has 4 atom stereocenters. The van der Waals surface area contributed by atoms with Crippen molar-refractivity contribution in [3.63, 3.8) is 0 Å². The molecule has 0 N–H and O–H groups in total. The van der Waals surface area contributed by atoms with Gasteiger partial charge >= 0.3 is 11.9 Å². The SMILES string of the molecule is O=C(OCC1=C[C@H]2[C@@H]3C=C[C@H]2C(=O)O[C@@H]3O1)c1ccc(F)cc1. The van der Waals surface area contributed by atoms with Gasteiger partial charge in [0.2, 0.25) is 0 Å². The zero-order valence-electron chi connectivity index (χ0n) is 12.0. The Labute approximate surface area is 131 Å². The maximum absolute atomic E-state index is 12.8. The summed E-state index contributed by atoms with van der Waals surface area (Å²) < 4.78 is 28.8. The van der Waals surface area contributed by atoms with E-state index in [1.165, 1.54) is 24.3 Å². The molecule has 4 bridgehead atoms. The molecule has 1 fully saturated rings. The highest BCUT2D eigenvalue weighted by atomic mass is 19.1. The van der Waals surface area contributed by atoms with Crippen LogP contribution in [0.5, 0.6) is 0 Å². The highest BCUT2D eigenvalue weighted by Crippen LogP contribution is 2.44. The van der Waals surface area contributed by atoms with Crippen LogP contribution in [0.2, 0.25) is 0 Å². The predicted octanol–water partition coefficient (Wildman–Crippen LogP) is 2.20. The number of esters is 2. The summed E-state index contributed by atoms with van der Waals surface area (Å²) >= 11 is 0. The van der Waals surface area contributed by atoms with Crippen molar-refractivity contribution in [3.8, 4) is 0 Å². The summed E-state index contributed by atoms with van der Waals surface area (Å²) in [5, 5.41) is 0. The molecule has 0 spiro atoms. The minimum absolute atomic E-state index is 0.00507. The monoisotopic (exact) mass is 316 g/mol. The average molecular weight is 316 g/mol. The van der Waals surface area contributed by atoms with Gasteiger partial charge in [-0.1, -0.05) is 12.2 Å². The van der Waals surface area contributed by atoms with Crippen molar-refractivity contribution in [2.75, 3.05) is 6.61 Å². The molecule has 2 aliphatic heterocycles. The molecule has 5 nitrogen and oxygen atoms in total. The Morgan fingerprint density at radius 3 is 2.70 bits per heavy atom.